The third kappa shape index (κ3) is 4.84. The molecule has 174 valence electrons. The highest BCUT2D eigenvalue weighted by atomic mass is 35.5. The Kier molecular flexibility index (Phi) is 6.63. The summed E-state index contributed by atoms with van der Waals surface area (Å²) >= 11 is 12.9. The number of hydrogen-bond donors (Lipinski definition) is 1. The monoisotopic (exact) mass is 520 g/mol. The van der Waals surface area contributed by atoms with Gasteiger partial charge in [0, 0.05) is 16.1 Å². The number of anilines is 1. The summed E-state index contributed by atoms with van der Waals surface area (Å²) in [5, 5.41) is 11.1. The molecule has 35 heavy (non-hydrogen) atoms. The number of thioether (sulfide) groups is 1. The van der Waals surface area contributed by atoms with E-state index >= 15 is 0 Å². The Morgan fingerprint density at radius 1 is 0.971 bits per heavy atom. The molecule has 2 atom stereocenters. The summed E-state index contributed by atoms with van der Waals surface area (Å²) in [5.74, 6) is -0.598. The number of carbonyl (C=O) groups is 2. The maximum atomic E-state index is 13.8. The number of amides is 2. The van der Waals surface area contributed by atoms with Crippen LogP contribution in [0, 0.1) is 0 Å². The number of hydrogen-bond acceptors (Lipinski definition) is 7. The molecule has 5 rings (SSSR count). The standard InChI is InChI=1S/C25H17ClN4O3S2/c26-18-13-11-15(12-14-18)20-19(27-21(31)16-7-3-1-4-8-16)23(32)30(25(34)35-20)24-29-28-22(33-24)17-9-5-2-6-10-17/h1-14,19-20H,(H,27,31)/t19-,20+/m0/s1. The van der Waals surface area contributed by atoms with Crippen LogP contribution in [-0.2, 0) is 4.79 Å². The summed E-state index contributed by atoms with van der Waals surface area (Å²) in [6.45, 7) is 0. The number of thiocarbonyl (C=S) groups is 1. The van der Waals surface area contributed by atoms with Gasteiger partial charge in [-0.2, -0.15) is 0 Å². The van der Waals surface area contributed by atoms with Gasteiger partial charge in [0.2, 0.25) is 5.89 Å². The van der Waals surface area contributed by atoms with Crippen LogP contribution >= 0.6 is 35.6 Å². The van der Waals surface area contributed by atoms with E-state index in [0.717, 1.165) is 5.56 Å². The minimum absolute atomic E-state index is 0.0557. The third-order valence-corrected chi connectivity index (χ3v) is 7.25. The highest BCUT2D eigenvalue weighted by Crippen LogP contribution is 2.41. The topological polar surface area (TPSA) is 88.3 Å². The van der Waals surface area contributed by atoms with Crippen molar-refractivity contribution < 1.29 is 14.0 Å². The van der Waals surface area contributed by atoms with Crippen LogP contribution in [0.15, 0.2) is 89.3 Å². The first kappa shape index (κ1) is 23.2. The Morgan fingerprint density at radius 3 is 2.31 bits per heavy atom. The van der Waals surface area contributed by atoms with E-state index in [0.29, 0.717) is 16.1 Å². The second kappa shape index (κ2) is 9.99. The summed E-state index contributed by atoms with van der Waals surface area (Å²) in [6, 6.07) is 24.0. The molecule has 1 aliphatic rings. The van der Waals surface area contributed by atoms with Gasteiger partial charge in [-0.15, -0.1) is 5.10 Å². The van der Waals surface area contributed by atoms with Gasteiger partial charge in [0.1, 0.15) is 6.04 Å². The molecule has 0 spiro atoms. The quantitative estimate of drug-likeness (QED) is 0.357. The van der Waals surface area contributed by atoms with Crippen LogP contribution in [0.2, 0.25) is 5.02 Å². The zero-order chi connectivity index (χ0) is 24.4. The van der Waals surface area contributed by atoms with Crippen LogP contribution in [0.1, 0.15) is 21.2 Å². The molecule has 2 amide bonds. The Hall–Kier alpha value is -3.53. The minimum atomic E-state index is -0.951. The van der Waals surface area contributed by atoms with Crippen molar-refractivity contribution in [3.8, 4) is 11.5 Å². The number of rotatable bonds is 5. The number of benzene rings is 3. The average molecular weight is 521 g/mol. The second-order valence-electron chi connectivity index (χ2n) is 7.60. The first-order chi connectivity index (χ1) is 17.0. The predicted octanol–water partition coefficient (Wildman–Crippen LogP) is 5.29. The largest absolute Gasteiger partial charge is 0.403 e. The van der Waals surface area contributed by atoms with Crippen LogP contribution in [0.4, 0.5) is 6.01 Å². The number of nitrogens with one attached hydrogen (secondary N) is 1. The van der Waals surface area contributed by atoms with E-state index in [1.54, 1.807) is 36.4 Å². The SMILES string of the molecule is O=C(N[C@@H]1C(=O)N(c2nnc(-c3ccccc3)o2)C(=S)S[C@@H]1c1ccc(Cl)cc1)c1ccccc1. The van der Waals surface area contributed by atoms with Crippen LogP contribution in [0.3, 0.4) is 0 Å². The molecule has 0 saturated carbocycles. The van der Waals surface area contributed by atoms with Crippen LogP contribution in [0.5, 0.6) is 0 Å². The highest BCUT2D eigenvalue weighted by molar-refractivity contribution is 8.23. The lowest BCUT2D eigenvalue weighted by atomic mass is 10.0. The van der Waals surface area contributed by atoms with E-state index in [9.17, 15) is 9.59 Å². The lowest BCUT2D eigenvalue weighted by Gasteiger charge is -2.36. The van der Waals surface area contributed by atoms with Gasteiger partial charge in [-0.05, 0) is 42.0 Å². The number of aromatic nitrogens is 2. The molecule has 3 aromatic carbocycles. The molecule has 2 heterocycles. The van der Waals surface area contributed by atoms with Crippen molar-refractivity contribution in [2.75, 3.05) is 4.90 Å². The summed E-state index contributed by atoms with van der Waals surface area (Å²) in [4.78, 5) is 27.9. The van der Waals surface area contributed by atoms with Crippen molar-refractivity contribution in [1.29, 1.82) is 0 Å². The van der Waals surface area contributed by atoms with E-state index in [4.69, 9.17) is 28.2 Å². The number of carbonyl (C=O) groups excluding carboxylic acids is 2. The van der Waals surface area contributed by atoms with Gasteiger partial charge in [-0.25, -0.2) is 4.90 Å². The van der Waals surface area contributed by atoms with Crippen molar-refractivity contribution in [2.24, 2.45) is 0 Å². The van der Waals surface area contributed by atoms with E-state index in [1.165, 1.54) is 16.7 Å². The lowest BCUT2D eigenvalue weighted by molar-refractivity contribution is -0.119. The molecule has 1 fully saturated rings. The maximum absolute atomic E-state index is 13.8. The first-order valence-corrected chi connectivity index (χ1v) is 12.2. The minimum Gasteiger partial charge on any atom is -0.403 e. The molecule has 10 heteroatoms. The van der Waals surface area contributed by atoms with Crippen LogP contribution in [-0.4, -0.2) is 32.4 Å². The molecule has 0 bridgehead atoms. The second-order valence-corrected chi connectivity index (χ2v) is 9.81. The van der Waals surface area contributed by atoms with E-state index in [2.05, 4.69) is 15.5 Å². The van der Waals surface area contributed by atoms with Crippen molar-refractivity contribution in [1.82, 2.24) is 15.5 Å². The summed E-state index contributed by atoms with van der Waals surface area (Å²) in [7, 11) is 0. The Morgan fingerprint density at radius 2 is 1.63 bits per heavy atom. The van der Waals surface area contributed by atoms with Crippen molar-refractivity contribution in [3.63, 3.8) is 0 Å². The number of halogens is 1. The first-order valence-electron chi connectivity index (χ1n) is 10.6. The van der Waals surface area contributed by atoms with E-state index in [1.807, 2.05) is 48.5 Å². The molecule has 1 saturated heterocycles. The number of nitrogens with zero attached hydrogens (tertiary/aromatic N) is 3. The van der Waals surface area contributed by atoms with E-state index < -0.39 is 17.2 Å². The zero-order valence-corrected chi connectivity index (χ0v) is 20.4. The molecule has 1 aliphatic heterocycles. The van der Waals surface area contributed by atoms with Gasteiger partial charge in [0.05, 0.1) is 5.25 Å². The summed E-state index contributed by atoms with van der Waals surface area (Å²) < 4.78 is 6.04. The fourth-order valence-electron chi connectivity index (χ4n) is 3.63. The lowest BCUT2D eigenvalue weighted by Crippen LogP contribution is -2.56. The normalized spacial score (nSPS) is 17.9. The predicted molar refractivity (Wildman–Crippen MR) is 139 cm³/mol. The Bertz CT molecular complexity index is 1380. The average Bonchev–Trinajstić information content (AvgIpc) is 3.37. The molecule has 0 aliphatic carbocycles. The fourth-order valence-corrected chi connectivity index (χ4v) is 5.34. The maximum Gasteiger partial charge on any atom is 0.331 e. The van der Waals surface area contributed by atoms with Crippen molar-refractivity contribution in [2.45, 2.75) is 11.3 Å². The van der Waals surface area contributed by atoms with E-state index in [-0.39, 0.29) is 22.1 Å². The smallest absolute Gasteiger partial charge is 0.331 e. The van der Waals surface area contributed by atoms with Gasteiger partial charge in [0.25, 0.3) is 11.8 Å². The summed E-state index contributed by atoms with van der Waals surface area (Å²) in [5.41, 5.74) is 1.94. The Balaban J connectivity index is 1.49. The van der Waals surface area contributed by atoms with Gasteiger partial charge in [-0.1, -0.05) is 89.2 Å². The molecular formula is C25H17ClN4O3S2. The van der Waals surface area contributed by atoms with Crippen LogP contribution in [0.25, 0.3) is 11.5 Å². The molecule has 1 N–H and O–H groups in total. The van der Waals surface area contributed by atoms with Crippen LogP contribution < -0.4 is 10.2 Å². The molecular weight excluding hydrogens is 504 g/mol. The Labute approximate surface area is 215 Å². The third-order valence-electron chi connectivity index (χ3n) is 5.35. The van der Waals surface area contributed by atoms with Gasteiger partial charge < -0.3 is 9.73 Å². The van der Waals surface area contributed by atoms with Crippen molar-refractivity contribution in [3.05, 3.63) is 101 Å². The zero-order valence-electron chi connectivity index (χ0n) is 18.0. The molecule has 4 aromatic rings. The molecule has 7 nitrogen and oxygen atoms in total. The van der Waals surface area contributed by atoms with Gasteiger partial charge in [0.15, 0.2) is 4.32 Å². The van der Waals surface area contributed by atoms with Gasteiger partial charge >= 0.3 is 6.01 Å². The summed E-state index contributed by atoms with van der Waals surface area (Å²) in [6.07, 6.45) is 0. The molecule has 0 radical (unpaired) electrons. The molecule has 0 unspecified atom stereocenters. The van der Waals surface area contributed by atoms with Crippen molar-refractivity contribution >= 4 is 57.7 Å². The van der Waals surface area contributed by atoms with Gasteiger partial charge in [-0.3, -0.25) is 9.59 Å². The highest BCUT2D eigenvalue weighted by Gasteiger charge is 2.44. The molecule has 1 aromatic heterocycles. The fraction of sp³-hybridized carbons (Fsp3) is 0.0800.